The number of carbonyl (C=O) groups is 4. The summed E-state index contributed by atoms with van der Waals surface area (Å²) in [6.07, 6.45) is 2.12. The van der Waals surface area contributed by atoms with Gasteiger partial charge in [-0.1, -0.05) is 53.2 Å². The Bertz CT molecular complexity index is 1430. The number of rotatable bonds is 17. The number of hydrogen-bond acceptors (Lipinski definition) is 9. The van der Waals surface area contributed by atoms with E-state index in [9.17, 15) is 29.4 Å². The second-order valence-corrected chi connectivity index (χ2v) is 15.2. The topological polar surface area (TPSA) is 178 Å². The third-order valence-corrected chi connectivity index (χ3v) is 11.2. The third-order valence-electron chi connectivity index (χ3n) is 10.2. The number of nitrogen functional groups attached to an aromatic ring is 1. The third kappa shape index (κ3) is 10.2. The Morgan fingerprint density at radius 2 is 1.76 bits per heavy atom. The summed E-state index contributed by atoms with van der Waals surface area (Å²) in [6, 6.07) is 5.64. The number of amides is 3. The molecule has 0 radical (unpaired) electrons. The molecule has 0 saturated carbocycles. The van der Waals surface area contributed by atoms with E-state index in [1.54, 1.807) is 36.4 Å². The van der Waals surface area contributed by atoms with Crippen LogP contribution in [0.4, 0.5) is 5.69 Å². The Kier molecular flexibility index (Phi) is 14.2. The van der Waals surface area contributed by atoms with Crippen LogP contribution in [0, 0.1) is 17.8 Å². The number of nitrogens with zero attached hydrogens (tertiary/aromatic N) is 3. The number of likely N-dealkylation sites (tertiary alicyclic amines) is 1. The van der Waals surface area contributed by atoms with Gasteiger partial charge in [0.2, 0.25) is 11.8 Å². The van der Waals surface area contributed by atoms with Crippen LogP contribution in [-0.4, -0.2) is 93.0 Å². The summed E-state index contributed by atoms with van der Waals surface area (Å²) in [5.41, 5.74) is 6.77. The Morgan fingerprint density at radius 1 is 1.10 bits per heavy atom. The first-order valence-electron chi connectivity index (χ1n) is 17.3. The first-order chi connectivity index (χ1) is 23.0. The average molecular weight is 701 g/mol. The summed E-state index contributed by atoms with van der Waals surface area (Å²) >= 11 is 1.15. The van der Waals surface area contributed by atoms with Gasteiger partial charge < -0.3 is 31.5 Å². The van der Waals surface area contributed by atoms with Crippen molar-refractivity contribution in [3.8, 4) is 0 Å². The van der Waals surface area contributed by atoms with E-state index in [2.05, 4.69) is 15.6 Å². The van der Waals surface area contributed by atoms with Crippen molar-refractivity contribution >= 4 is 40.7 Å². The number of likely N-dealkylation sites (N-methyl/N-ethyl adjacent to an activating group) is 2. The van der Waals surface area contributed by atoms with E-state index in [1.807, 2.05) is 58.7 Å². The van der Waals surface area contributed by atoms with Crippen LogP contribution in [-0.2, 0) is 20.8 Å². The minimum atomic E-state index is -1.05. The van der Waals surface area contributed by atoms with E-state index >= 15 is 0 Å². The van der Waals surface area contributed by atoms with Crippen LogP contribution in [0.5, 0.6) is 0 Å². The molecule has 1 aromatic carbocycles. The molecule has 1 saturated heterocycles. The lowest BCUT2D eigenvalue weighted by atomic mass is 9.91. The summed E-state index contributed by atoms with van der Waals surface area (Å²) in [6.45, 7) is 12.3. The second kappa shape index (κ2) is 17.4. The van der Waals surface area contributed by atoms with Gasteiger partial charge in [-0.05, 0) is 75.7 Å². The zero-order chi connectivity index (χ0) is 36.6. The van der Waals surface area contributed by atoms with Gasteiger partial charge in [-0.25, -0.2) is 4.98 Å². The van der Waals surface area contributed by atoms with Crippen molar-refractivity contribution in [2.45, 2.75) is 110 Å². The maximum Gasteiger partial charge on any atom is 0.306 e. The van der Waals surface area contributed by atoms with Gasteiger partial charge in [0, 0.05) is 36.6 Å². The number of nitrogens with one attached hydrogen (secondary N) is 2. The van der Waals surface area contributed by atoms with Gasteiger partial charge in [0.05, 0.1) is 11.5 Å². The van der Waals surface area contributed by atoms with Gasteiger partial charge in [0.25, 0.3) is 5.91 Å². The molecule has 0 bridgehead atoms. The minimum absolute atomic E-state index is 0.0246. The van der Waals surface area contributed by atoms with E-state index in [4.69, 9.17) is 5.73 Å². The number of anilines is 1. The molecule has 6 unspecified atom stereocenters. The van der Waals surface area contributed by atoms with Crippen molar-refractivity contribution in [2.75, 3.05) is 26.4 Å². The number of aliphatic carboxylic acids is 1. The first-order valence-corrected chi connectivity index (χ1v) is 18.2. The number of carboxylic acids is 1. The van der Waals surface area contributed by atoms with Crippen LogP contribution in [0.3, 0.4) is 0 Å². The number of benzene rings is 1. The fraction of sp³-hybridized carbons (Fsp3) is 0.639. The zero-order valence-electron chi connectivity index (χ0n) is 30.2. The average Bonchev–Trinajstić information content (AvgIpc) is 3.69. The standard InChI is InChI=1S/C36H56N6O6S/c1-9-22(4)30(40-35(48)36(6)15-10-16-41(36)7)33(45)42(8)28(21(2)3)19-29(43)32-39-27(20-49-32)31(44)38-26(17-23(5)34(46)47)18-24-11-13-25(37)14-12-24/h11-14,20-23,26,28-30,43H,9-10,15-19,37H2,1-8H3,(H,38,44)(H,40,48)(H,46,47)/t22?,23?,26?,28?,29?,30?,36-/m1/s1. The molecule has 2 aromatic rings. The second-order valence-electron chi connectivity index (χ2n) is 14.3. The molecule has 272 valence electrons. The monoisotopic (exact) mass is 700 g/mol. The molecule has 49 heavy (non-hydrogen) atoms. The maximum atomic E-state index is 14.0. The quantitative estimate of drug-likeness (QED) is 0.152. The van der Waals surface area contributed by atoms with Crippen LogP contribution >= 0.6 is 11.3 Å². The van der Waals surface area contributed by atoms with Gasteiger partial charge in [0.1, 0.15) is 22.8 Å². The Balaban J connectivity index is 1.72. The predicted octanol–water partition coefficient (Wildman–Crippen LogP) is 4.10. The molecule has 1 aliphatic rings. The van der Waals surface area contributed by atoms with Crippen LogP contribution in [0.25, 0.3) is 0 Å². The lowest BCUT2D eigenvalue weighted by Crippen LogP contribution is -2.60. The number of aliphatic hydroxyl groups is 1. The lowest BCUT2D eigenvalue weighted by Gasteiger charge is -2.38. The Labute approximate surface area is 294 Å². The van der Waals surface area contributed by atoms with Crippen molar-refractivity contribution in [1.29, 1.82) is 0 Å². The molecule has 1 fully saturated rings. The summed E-state index contributed by atoms with van der Waals surface area (Å²) in [5, 5.41) is 28.7. The molecule has 13 heteroatoms. The highest BCUT2D eigenvalue weighted by Crippen LogP contribution is 2.30. The molecular weight excluding hydrogens is 644 g/mol. The fourth-order valence-electron chi connectivity index (χ4n) is 6.42. The van der Waals surface area contributed by atoms with Crippen LogP contribution in [0.1, 0.15) is 101 Å². The number of aliphatic hydroxyl groups excluding tert-OH is 1. The van der Waals surface area contributed by atoms with Crippen molar-refractivity contribution in [3.63, 3.8) is 0 Å². The van der Waals surface area contributed by atoms with E-state index in [0.29, 0.717) is 23.5 Å². The van der Waals surface area contributed by atoms with E-state index < -0.39 is 41.5 Å². The summed E-state index contributed by atoms with van der Waals surface area (Å²) in [5.74, 6) is -2.58. The molecule has 3 amide bonds. The van der Waals surface area contributed by atoms with Gasteiger partial charge >= 0.3 is 5.97 Å². The number of thiazole rings is 1. The zero-order valence-corrected chi connectivity index (χ0v) is 31.0. The molecule has 3 rings (SSSR count). The number of carbonyl (C=O) groups excluding carboxylic acids is 3. The number of aromatic nitrogens is 1. The smallest absolute Gasteiger partial charge is 0.306 e. The van der Waals surface area contributed by atoms with Gasteiger partial charge in [-0.2, -0.15) is 0 Å². The van der Waals surface area contributed by atoms with Crippen LogP contribution < -0.4 is 16.4 Å². The molecular formula is C36H56N6O6S. The largest absolute Gasteiger partial charge is 0.481 e. The molecule has 6 N–H and O–H groups in total. The highest BCUT2D eigenvalue weighted by atomic mass is 32.1. The van der Waals surface area contributed by atoms with Crippen LogP contribution in [0.15, 0.2) is 29.6 Å². The molecule has 7 atom stereocenters. The van der Waals surface area contributed by atoms with Crippen molar-refractivity contribution < 1.29 is 29.4 Å². The van der Waals surface area contributed by atoms with Gasteiger partial charge in [0.15, 0.2) is 0 Å². The number of hydrogen-bond donors (Lipinski definition) is 5. The molecule has 1 aromatic heterocycles. The van der Waals surface area contributed by atoms with E-state index in [-0.39, 0.29) is 48.2 Å². The fourth-order valence-corrected chi connectivity index (χ4v) is 7.21. The highest BCUT2D eigenvalue weighted by molar-refractivity contribution is 7.09. The van der Waals surface area contributed by atoms with Gasteiger partial charge in [-0.3, -0.25) is 24.1 Å². The van der Waals surface area contributed by atoms with Crippen molar-refractivity contribution in [3.05, 3.63) is 45.9 Å². The lowest BCUT2D eigenvalue weighted by molar-refractivity contribution is -0.142. The van der Waals surface area contributed by atoms with E-state index in [0.717, 1.165) is 36.3 Å². The molecule has 12 nitrogen and oxygen atoms in total. The molecule has 1 aliphatic heterocycles. The normalized spacial score (nSPS) is 20.2. The van der Waals surface area contributed by atoms with Crippen molar-refractivity contribution in [2.24, 2.45) is 17.8 Å². The van der Waals surface area contributed by atoms with Crippen molar-refractivity contribution in [1.82, 2.24) is 25.4 Å². The maximum absolute atomic E-state index is 14.0. The van der Waals surface area contributed by atoms with Gasteiger partial charge in [-0.15, -0.1) is 11.3 Å². The van der Waals surface area contributed by atoms with Crippen LogP contribution in [0.2, 0.25) is 0 Å². The number of carboxylic acid groups (broad SMARTS) is 1. The SMILES string of the molecule is CCC(C)C(NC(=O)[C@@]1(C)CCCN1C)C(=O)N(C)C(CC(O)c1nc(C(=O)NC(Cc2ccc(N)cc2)CC(C)C(=O)O)cs1)C(C)C. The highest BCUT2D eigenvalue weighted by Gasteiger charge is 2.43. The summed E-state index contributed by atoms with van der Waals surface area (Å²) in [7, 11) is 3.65. The minimum Gasteiger partial charge on any atom is -0.481 e. The summed E-state index contributed by atoms with van der Waals surface area (Å²) < 4.78 is 0. The number of nitrogens with two attached hydrogens (primary N) is 1. The predicted molar refractivity (Wildman–Crippen MR) is 192 cm³/mol. The molecule has 0 aliphatic carbocycles. The van der Waals surface area contributed by atoms with E-state index in [1.165, 1.54) is 0 Å². The molecule has 0 spiro atoms. The molecule has 2 heterocycles. The Hall–Kier alpha value is -3.55. The Morgan fingerprint density at radius 3 is 2.31 bits per heavy atom. The summed E-state index contributed by atoms with van der Waals surface area (Å²) in [4.78, 5) is 60.5. The first kappa shape index (κ1) is 39.9.